The van der Waals surface area contributed by atoms with Gasteiger partial charge in [0.15, 0.2) is 0 Å². The molecule has 1 fully saturated rings. The van der Waals surface area contributed by atoms with Crippen molar-refractivity contribution in [3.8, 4) is 0 Å². The van der Waals surface area contributed by atoms with Crippen molar-refractivity contribution in [3.05, 3.63) is 76.0 Å². The van der Waals surface area contributed by atoms with Crippen LogP contribution in [-0.4, -0.2) is 45.2 Å². The third kappa shape index (κ3) is 4.08. The van der Waals surface area contributed by atoms with Gasteiger partial charge in [-0.2, -0.15) is 0 Å². The van der Waals surface area contributed by atoms with Crippen LogP contribution in [-0.2, 0) is 6.42 Å². The van der Waals surface area contributed by atoms with Gasteiger partial charge < -0.3 is 4.90 Å². The number of unbranched alkanes of at least 4 members (excludes halogenated alkanes) is 1. The van der Waals surface area contributed by atoms with E-state index in [-0.39, 0.29) is 0 Å². The fourth-order valence-electron chi connectivity index (χ4n) is 5.02. The van der Waals surface area contributed by atoms with Crippen LogP contribution in [0.3, 0.4) is 0 Å². The van der Waals surface area contributed by atoms with Gasteiger partial charge in [0.25, 0.3) is 0 Å². The number of aromatic nitrogens is 4. The highest BCUT2D eigenvalue weighted by molar-refractivity contribution is 5.77. The molecule has 0 unspecified atom stereocenters. The average molecular weight is 400 g/mol. The maximum atomic E-state index is 3.97. The first-order valence-corrected chi connectivity index (χ1v) is 11.2. The van der Waals surface area contributed by atoms with Crippen molar-refractivity contribution in [2.75, 3.05) is 19.6 Å². The van der Waals surface area contributed by atoms with Crippen molar-refractivity contribution in [3.63, 3.8) is 0 Å². The molecule has 0 atom stereocenters. The van der Waals surface area contributed by atoms with Crippen LogP contribution in [0.4, 0.5) is 0 Å². The zero-order valence-corrected chi connectivity index (χ0v) is 17.4. The Bertz CT molecular complexity index is 1080. The molecule has 5 heteroatoms. The average Bonchev–Trinajstić information content (AvgIpc) is 3.25. The molecule has 0 radical (unpaired) electrons. The van der Waals surface area contributed by atoms with Crippen molar-refractivity contribution < 1.29 is 0 Å². The molecule has 5 rings (SSSR count). The van der Waals surface area contributed by atoms with E-state index < -0.39 is 0 Å². The molecule has 1 saturated heterocycles. The minimum Gasteiger partial charge on any atom is -0.303 e. The van der Waals surface area contributed by atoms with Gasteiger partial charge in [0.05, 0.1) is 0 Å². The summed E-state index contributed by atoms with van der Waals surface area (Å²) in [5.74, 6) is 1.53. The Morgan fingerprint density at radius 3 is 2.80 bits per heavy atom. The molecule has 1 aliphatic heterocycles. The van der Waals surface area contributed by atoms with Gasteiger partial charge in [0, 0.05) is 6.42 Å². The van der Waals surface area contributed by atoms with Gasteiger partial charge >= 0.3 is 0 Å². The number of hydrogen-bond donors (Lipinski definition) is 1. The Morgan fingerprint density at radius 1 is 1.03 bits per heavy atom. The molecule has 2 aromatic rings. The highest BCUT2D eigenvalue weighted by atomic mass is 15.5. The molecule has 3 aliphatic rings. The number of nitrogens with one attached hydrogen (secondary N) is 1. The van der Waals surface area contributed by atoms with E-state index in [2.05, 4.69) is 80.2 Å². The molecule has 30 heavy (non-hydrogen) atoms. The highest BCUT2D eigenvalue weighted by Crippen LogP contribution is 2.36. The van der Waals surface area contributed by atoms with Crippen molar-refractivity contribution in [2.45, 2.75) is 38.5 Å². The number of allylic oxidation sites excluding steroid dienone is 6. The Morgan fingerprint density at radius 2 is 1.93 bits per heavy atom. The van der Waals surface area contributed by atoms with Crippen LogP contribution in [0.15, 0.2) is 59.7 Å². The summed E-state index contributed by atoms with van der Waals surface area (Å²) >= 11 is 0. The van der Waals surface area contributed by atoms with Gasteiger partial charge in [0.1, 0.15) is 5.82 Å². The largest absolute Gasteiger partial charge is 0.303 e. The standard InChI is InChI=1S/C25H29N5/c1-3-9-22-19(7-1)12-13-20-8-2-4-10-23(20)25(22)21-14-17-30(18-15-21)16-6-5-11-24-26-28-29-27-24/h1-4,7,9-10,12-13,21H,5-6,8,11,14-18H2,(H,26,27,28,29). The summed E-state index contributed by atoms with van der Waals surface area (Å²) in [6, 6.07) is 8.93. The van der Waals surface area contributed by atoms with Crippen LogP contribution in [0, 0.1) is 5.92 Å². The van der Waals surface area contributed by atoms with E-state index in [0.29, 0.717) is 5.92 Å². The molecule has 1 aromatic heterocycles. The summed E-state index contributed by atoms with van der Waals surface area (Å²) in [6.07, 6.45) is 18.3. The van der Waals surface area contributed by atoms with E-state index >= 15 is 0 Å². The minimum atomic E-state index is 0.635. The lowest BCUT2D eigenvalue weighted by atomic mass is 9.79. The lowest BCUT2D eigenvalue weighted by Gasteiger charge is -2.34. The minimum absolute atomic E-state index is 0.635. The quantitative estimate of drug-likeness (QED) is 0.759. The zero-order chi connectivity index (χ0) is 20.2. The monoisotopic (exact) mass is 399 g/mol. The molecule has 0 amide bonds. The highest BCUT2D eigenvalue weighted by Gasteiger charge is 2.26. The molecule has 2 aliphatic carbocycles. The Hall–Kier alpha value is -2.79. The van der Waals surface area contributed by atoms with Crippen LogP contribution < -0.4 is 10.4 Å². The van der Waals surface area contributed by atoms with E-state index in [1.54, 1.807) is 5.57 Å². The van der Waals surface area contributed by atoms with E-state index in [1.165, 1.54) is 60.5 Å². The van der Waals surface area contributed by atoms with Gasteiger partial charge in [0.2, 0.25) is 0 Å². The SMILES string of the molecule is C1=CCC2=CC=c3ccccc3=C(C3CCN(CCCCc4nnn[nH]4)CC3)C2=C1. The number of likely N-dealkylation sites (tertiary alicyclic amines) is 1. The van der Waals surface area contributed by atoms with Crippen molar-refractivity contribution in [1.29, 1.82) is 0 Å². The van der Waals surface area contributed by atoms with E-state index in [0.717, 1.165) is 25.1 Å². The summed E-state index contributed by atoms with van der Waals surface area (Å²) in [6.45, 7) is 3.54. The lowest BCUT2D eigenvalue weighted by molar-refractivity contribution is 0.203. The van der Waals surface area contributed by atoms with Crippen LogP contribution >= 0.6 is 0 Å². The molecule has 5 nitrogen and oxygen atoms in total. The number of fused-ring (bicyclic) bond motifs is 2. The molecule has 0 spiro atoms. The van der Waals surface area contributed by atoms with E-state index in [9.17, 15) is 0 Å². The van der Waals surface area contributed by atoms with Gasteiger partial charge in [-0.3, -0.25) is 0 Å². The molecule has 2 heterocycles. The molecule has 0 saturated carbocycles. The third-order valence-electron chi connectivity index (χ3n) is 6.61. The Labute approximate surface area is 177 Å². The van der Waals surface area contributed by atoms with Gasteiger partial charge in [-0.05, 0) is 95.2 Å². The predicted octanol–water partition coefficient (Wildman–Crippen LogP) is 2.69. The topological polar surface area (TPSA) is 57.7 Å². The summed E-state index contributed by atoms with van der Waals surface area (Å²) in [4.78, 5) is 2.64. The number of aromatic amines is 1. The number of H-pyrrole nitrogens is 1. The van der Waals surface area contributed by atoms with Crippen LogP contribution in [0.2, 0.25) is 0 Å². The maximum absolute atomic E-state index is 3.97. The molecular weight excluding hydrogens is 370 g/mol. The Balaban J connectivity index is 1.28. The molecule has 0 bridgehead atoms. The third-order valence-corrected chi connectivity index (χ3v) is 6.61. The molecule has 1 aromatic carbocycles. The lowest BCUT2D eigenvalue weighted by Crippen LogP contribution is -2.37. The number of rotatable bonds is 6. The van der Waals surface area contributed by atoms with E-state index in [4.69, 9.17) is 0 Å². The normalized spacial score (nSPS) is 19.4. The van der Waals surface area contributed by atoms with Gasteiger partial charge in [-0.1, -0.05) is 54.6 Å². The summed E-state index contributed by atoms with van der Waals surface area (Å²) in [7, 11) is 0. The van der Waals surface area contributed by atoms with Crippen molar-refractivity contribution >= 4 is 11.6 Å². The first kappa shape index (κ1) is 19.2. The predicted molar refractivity (Wildman–Crippen MR) is 120 cm³/mol. The number of hydrogen-bond acceptors (Lipinski definition) is 4. The van der Waals surface area contributed by atoms with Crippen molar-refractivity contribution in [1.82, 2.24) is 25.5 Å². The van der Waals surface area contributed by atoms with Gasteiger partial charge in [-0.25, -0.2) is 5.10 Å². The van der Waals surface area contributed by atoms with Crippen LogP contribution in [0.1, 0.15) is 37.9 Å². The molecule has 1 N–H and O–H groups in total. The maximum Gasteiger partial charge on any atom is 0.148 e. The second-order valence-electron chi connectivity index (χ2n) is 8.49. The summed E-state index contributed by atoms with van der Waals surface area (Å²) in [5, 5.41) is 16.9. The second kappa shape index (κ2) is 8.92. The van der Waals surface area contributed by atoms with Crippen LogP contribution in [0.25, 0.3) is 11.6 Å². The number of aryl methyl sites for hydroxylation is 1. The summed E-state index contributed by atoms with van der Waals surface area (Å²) in [5.41, 5.74) is 4.51. The number of tetrazole rings is 1. The summed E-state index contributed by atoms with van der Waals surface area (Å²) < 4.78 is 0. The second-order valence-corrected chi connectivity index (χ2v) is 8.49. The number of nitrogens with zero attached hydrogens (tertiary/aromatic N) is 4. The zero-order valence-electron chi connectivity index (χ0n) is 17.4. The fourth-order valence-corrected chi connectivity index (χ4v) is 5.02. The number of benzene rings is 1. The first-order valence-electron chi connectivity index (χ1n) is 11.2. The number of piperidine rings is 1. The molecular formula is C25H29N5. The van der Waals surface area contributed by atoms with Gasteiger partial charge in [-0.15, -0.1) is 5.10 Å². The van der Waals surface area contributed by atoms with Crippen molar-refractivity contribution in [2.24, 2.45) is 5.92 Å². The molecule has 154 valence electrons. The smallest absolute Gasteiger partial charge is 0.148 e. The van der Waals surface area contributed by atoms with E-state index in [1.807, 2.05) is 0 Å². The first-order chi connectivity index (χ1) is 14.9. The fraction of sp³-hybridized carbons (Fsp3) is 0.400. The van der Waals surface area contributed by atoms with Crippen LogP contribution in [0.5, 0.6) is 0 Å². The Kier molecular flexibility index (Phi) is 5.71.